The molecule has 2 N–H and O–H groups in total. The van der Waals surface area contributed by atoms with Gasteiger partial charge in [0.15, 0.2) is 0 Å². The maximum absolute atomic E-state index is 11.9. The molecule has 8 heteroatoms. The molecule has 0 aliphatic heterocycles. The average Bonchev–Trinajstić information content (AvgIpc) is 2.91. The predicted octanol–water partition coefficient (Wildman–Crippen LogP) is 1.63. The molecule has 20 heavy (non-hydrogen) atoms. The standard InChI is InChI=1S/C12H15BrN4O2S/c1-2-8-5-15-10(20-8)7-14-9-6-16-17(3-4-18)12(19)11(9)13/h5-6,14,18H,2-4,7H2,1H3. The van der Waals surface area contributed by atoms with Gasteiger partial charge in [-0.3, -0.25) is 4.79 Å². The number of aryl methyl sites for hydroxylation is 1. The summed E-state index contributed by atoms with van der Waals surface area (Å²) in [5, 5.41) is 16.9. The second-order valence-electron chi connectivity index (χ2n) is 4.05. The number of aliphatic hydroxyl groups excluding tert-OH is 1. The summed E-state index contributed by atoms with van der Waals surface area (Å²) < 4.78 is 1.63. The SMILES string of the molecule is CCc1cnc(CNc2cnn(CCO)c(=O)c2Br)s1. The molecule has 0 radical (unpaired) electrons. The Labute approximate surface area is 128 Å². The number of rotatable bonds is 6. The monoisotopic (exact) mass is 358 g/mol. The molecule has 0 amide bonds. The summed E-state index contributed by atoms with van der Waals surface area (Å²) in [4.78, 5) is 17.5. The Morgan fingerprint density at radius 1 is 1.50 bits per heavy atom. The Balaban J connectivity index is 2.10. The highest BCUT2D eigenvalue weighted by Crippen LogP contribution is 2.19. The molecule has 0 aliphatic rings. The second kappa shape index (κ2) is 6.96. The van der Waals surface area contributed by atoms with Crippen molar-refractivity contribution < 1.29 is 5.11 Å². The third kappa shape index (κ3) is 3.44. The zero-order chi connectivity index (χ0) is 14.5. The van der Waals surface area contributed by atoms with Crippen molar-refractivity contribution in [2.45, 2.75) is 26.4 Å². The van der Waals surface area contributed by atoms with E-state index in [9.17, 15) is 4.79 Å². The number of aliphatic hydroxyl groups is 1. The lowest BCUT2D eigenvalue weighted by atomic mass is 10.4. The lowest BCUT2D eigenvalue weighted by Gasteiger charge is -2.08. The molecule has 0 saturated carbocycles. The lowest BCUT2D eigenvalue weighted by molar-refractivity contribution is 0.266. The Kier molecular flexibility index (Phi) is 5.27. The zero-order valence-corrected chi connectivity index (χ0v) is 13.4. The number of aromatic nitrogens is 3. The quantitative estimate of drug-likeness (QED) is 0.820. The van der Waals surface area contributed by atoms with Gasteiger partial charge in [0.1, 0.15) is 9.48 Å². The van der Waals surface area contributed by atoms with Gasteiger partial charge in [-0.15, -0.1) is 11.3 Å². The molecule has 2 aromatic rings. The summed E-state index contributed by atoms with van der Waals surface area (Å²) in [5.74, 6) is 0. The third-order valence-electron chi connectivity index (χ3n) is 2.68. The first-order valence-corrected chi connectivity index (χ1v) is 7.80. The van der Waals surface area contributed by atoms with E-state index >= 15 is 0 Å². The van der Waals surface area contributed by atoms with Gasteiger partial charge in [-0.05, 0) is 22.4 Å². The summed E-state index contributed by atoms with van der Waals surface area (Å²) in [6.45, 7) is 2.70. The molecule has 0 fully saturated rings. The Morgan fingerprint density at radius 3 is 2.95 bits per heavy atom. The number of halogens is 1. The number of nitrogens with one attached hydrogen (secondary N) is 1. The highest BCUT2D eigenvalue weighted by atomic mass is 79.9. The van der Waals surface area contributed by atoms with Crippen LogP contribution in [0.1, 0.15) is 16.8 Å². The molecule has 2 rings (SSSR count). The minimum atomic E-state index is -0.266. The summed E-state index contributed by atoms with van der Waals surface area (Å²) in [7, 11) is 0. The minimum absolute atomic E-state index is 0.120. The Hall–Kier alpha value is -1.25. The van der Waals surface area contributed by atoms with E-state index in [2.05, 4.69) is 38.3 Å². The summed E-state index contributed by atoms with van der Waals surface area (Å²) in [6, 6.07) is 0. The first-order valence-electron chi connectivity index (χ1n) is 6.19. The van der Waals surface area contributed by atoms with Gasteiger partial charge >= 0.3 is 0 Å². The van der Waals surface area contributed by atoms with Crippen LogP contribution in [0.3, 0.4) is 0 Å². The first-order chi connectivity index (χ1) is 9.65. The van der Waals surface area contributed by atoms with Gasteiger partial charge in [-0.2, -0.15) is 5.10 Å². The molecule has 0 saturated heterocycles. The van der Waals surface area contributed by atoms with Gasteiger partial charge in [-0.1, -0.05) is 6.92 Å². The van der Waals surface area contributed by atoms with Crippen molar-refractivity contribution in [3.05, 3.63) is 37.1 Å². The summed E-state index contributed by atoms with van der Waals surface area (Å²) in [6.07, 6.45) is 4.41. The number of hydrogen-bond donors (Lipinski definition) is 2. The van der Waals surface area contributed by atoms with E-state index in [1.165, 1.54) is 9.56 Å². The highest BCUT2D eigenvalue weighted by molar-refractivity contribution is 9.10. The van der Waals surface area contributed by atoms with Gasteiger partial charge in [0.25, 0.3) is 5.56 Å². The van der Waals surface area contributed by atoms with Crippen molar-refractivity contribution >= 4 is 33.0 Å². The van der Waals surface area contributed by atoms with Gasteiger partial charge in [-0.25, -0.2) is 9.67 Å². The average molecular weight is 359 g/mol. The van der Waals surface area contributed by atoms with Crippen LogP contribution in [0.2, 0.25) is 0 Å². The number of hydrogen-bond acceptors (Lipinski definition) is 6. The predicted molar refractivity (Wildman–Crippen MR) is 82.1 cm³/mol. The van der Waals surface area contributed by atoms with Crippen LogP contribution in [0.15, 0.2) is 21.7 Å². The normalized spacial score (nSPS) is 10.8. The number of anilines is 1. The van der Waals surface area contributed by atoms with E-state index in [0.29, 0.717) is 16.7 Å². The third-order valence-corrected chi connectivity index (χ3v) is 4.58. The van der Waals surface area contributed by atoms with Gasteiger partial charge in [0, 0.05) is 11.1 Å². The van der Waals surface area contributed by atoms with Crippen molar-refractivity contribution in [3.8, 4) is 0 Å². The van der Waals surface area contributed by atoms with E-state index in [4.69, 9.17) is 5.11 Å². The van der Waals surface area contributed by atoms with Crippen molar-refractivity contribution in [2.75, 3.05) is 11.9 Å². The van der Waals surface area contributed by atoms with Crippen molar-refractivity contribution in [2.24, 2.45) is 0 Å². The van der Waals surface area contributed by atoms with Crippen LogP contribution in [-0.4, -0.2) is 26.5 Å². The molecular formula is C12H15BrN4O2S. The molecule has 108 valence electrons. The highest BCUT2D eigenvalue weighted by Gasteiger charge is 2.09. The van der Waals surface area contributed by atoms with Crippen molar-refractivity contribution in [1.82, 2.24) is 14.8 Å². The van der Waals surface area contributed by atoms with E-state index in [1.54, 1.807) is 17.5 Å². The molecule has 0 spiro atoms. The first kappa shape index (κ1) is 15.1. The van der Waals surface area contributed by atoms with Gasteiger partial charge in [0.05, 0.1) is 31.6 Å². The van der Waals surface area contributed by atoms with E-state index in [-0.39, 0.29) is 18.7 Å². The molecule has 0 unspecified atom stereocenters. The second-order valence-corrected chi connectivity index (χ2v) is 6.04. The molecule has 2 heterocycles. The van der Waals surface area contributed by atoms with Crippen LogP contribution in [0.4, 0.5) is 5.69 Å². The molecule has 0 bridgehead atoms. The Bertz CT molecular complexity index is 641. The molecule has 6 nitrogen and oxygen atoms in total. The van der Waals surface area contributed by atoms with E-state index < -0.39 is 0 Å². The fourth-order valence-corrected chi connectivity index (χ4v) is 2.86. The maximum Gasteiger partial charge on any atom is 0.283 e. The minimum Gasteiger partial charge on any atom is -0.394 e. The van der Waals surface area contributed by atoms with Gasteiger partial charge < -0.3 is 10.4 Å². The zero-order valence-electron chi connectivity index (χ0n) is 11.0. The van der Waals surface area contributed by atoms with E-state index in [1.807, 2.05) is 6.20 Å². The topological polar surface area (TPSA) is 80.0 Å². The summed E-state index contributed by atoms with van der Waals surface area (Å²) >= 11 is 4.91. The van der Waals surface area contributed by atoms with Crippen LogP contribution >= 0.6 is 27.3 Å². The molecule has 0 aromatic carbocycles. The lowest BCUT2D eigenvalue weighted by Crippen LogP contribution is -2.25. The maximum atomic E-state index is 11.9. The number of thiazole rings is 1. The van der Waals surface area contributed by atoms with Crippen molar-refractivity contribution in [3.63, 3.8) is 0 Å². The largest absolute Gasteiger partial charge is 0.394 e. The van der Waals surface area contributed by atoms with Crippen LogP contribution in [0.5, 0.6) is 0 Å². The smallest absolute Gasteiger partial charge is 0.283 e. The molecule has 2 aromatic heterocycles. The fraction of sp³-hybridized carbons (Fsp3) is 0.417. The van der Waals surface area contributed by atoms with Crippen LogP contribution in [0, 0.1) is 0 Å². The van der Waals surface area contributed by atoms with E-state index in [0.717, 1.165) is 11.4 Å². The Morgan fingerprint density at radius 2 is 2.30 bits per heavy atom. The van der Waals surface area contributed by atoms with Gasteiger partial charge in [0.2, 0.25) is 0 Å². The molecule has 0 atom stereocenters. The summed E-state index contributed by atoms with van der Waals surface area (Å²) in [5.41, 5.74) is 0.356. The van der Waals surface area contributed by atoms with Crippen molar-refractivity contribution in [1.29, 1.82) is 0 Å². The number of nitrogens with zero attached hydrogens (tertiary/aromatic N) is 3. The molecule has 0 aliphatic carbocycles. The molecular weight excluding hydrogens is 344 g/mol. The van der Waals surface area contributed by atoms with Crippen LogP contribution < -0.4 is 10.9 Å². The fourth-order valence-electron chi connectivity index (χ4n) is 1.61. The van der Waals surface area contributed by atoms with Crippen LogP contribution in [-0.2, 0) is 19.5 Å². The van der Waals surface area contributed by atoms with Crippen LogP contribution in [0.25, 0.3) is 0 Å².